The number of hydrogen-bond donors (Lipinski definition) is 0. The Bertz CT molecular complexity index is 4050. The molecule has 0 N–H and O–H groups in total. The number of fused-ring (bicyclic) bond motifs is 13. The van der Waals surface area contributed by atoms with Gasteiger partial charge in [-0.1, -0.05) is 140 Å². The van der Waals surface area contributed by atoms with E-state index < -0.39 is 0 Å². The number of nitrogens with zero attached hydrogens (tertiary/aromatic N) is 5. The standard InChI is InChI=1S/C55H31N5S/c1-3-14-32(15-4-1)53-56-54(33-16-5-2-6-17-33)58-55(57-53)40-26-27-45(50-39-21-10-12-25-49(39)61-52(40)50)59-46-29-35-19-8-7-18-34(35)28-41(46)43-30-42-38-23-13-22-37-36-20-9-11-24-44(36)60(51(37)38)48(42)31-47(43)59/h1-31H. The highest BCUT2D eigenvalue weighted by Crippen LogP contribution is 2.47. The van der Waals surface area contributed by atoms with Gasteiger partial charge in [0.15, 0.2) is 17.5 Å². The normalized spacial score (nSPS) is 12.3. The zero-order chi connectivity index (χ0) is 39.8. The van der Waals surface area contributed by atoms with Gasteiger partial charge in [-0.2, -0.15) is 0 Å². The average Bonchev–Trinajstić information content (AvgIpc) is 4.06. The highest BCUT2D eigenvalue weighted by atomic mass is 32.1. The van der Waals surface area contributed by atoms with Crippen LogP contribution in [0.15, 0.2) is 188 Å². The maximum atomic E-state index is 5.22. The number of para-hydroxylation sites is 2. The Morgan fingerprint density at radius 2 is 0.951 bits per heavy atom. The van der Waals surface area contributed by atoms with Gasteiger partial charge in [-0.25, -0.2) is 15.0 Å². The summed E-state index contributed by atoms with van der Waals surface area (Å²) < 4.78 is 7.37. The van der Waals surface area contributed by atoms with E-state index in [1.54, 1.807) is 11.3 Å². The van der Waals surface area contributed by atoms with Gasteiger partial charge in [-0.15, -0.1) is 11.3 Å². The second kappa shape index (κ2) is 12.3. The predicted octanol–water partition coefficient (Wildman–Crippen LogP) is 14.6. The number of benzene rings is 9. The molecule has 0 unspecified atom stereocenters. The van der Waals surface area contributed by atoms with Gasteiger partial charge in [0.25, 0.3) is 0 Å². The molecule has 5 heterocycles. The zero-order valence-corrected chi connectivity index (χ0v) is 33.4. The number of hydrogen-bond acceptors (Lipinski definition) is 4. The molecule has 14 rings (SSSR count). The lowest BCUT2D eigenvalue weighted by atomic mass is 10.0. The molecule has 0 saturated heterocycles. The monoisotopic (exact) mass is 793 g/mol. The van der Waals surface area contributed by atoms with Crippen molar-refractivity contribution in [3.63, 3.8) is 0 Å². The second-order valence-corrected chi connectivity index (χ2v) is 17.0. The Morgan fingerprint density at radius 3 is 1.72 bits per heavy atom. The van der Waals surface area contributed by atoms with Gasteiger partial charge >= 0.3 is 0 Å². The van der Waals surface area contributed by atoms with E-state index in [1.807, 2.05) is 36.4 Å². The minimum absolute atomic E-state index is 0.651. The summed E-state index contributed by atoms with van der Waals surface area (Å²) in [6, 6.07) is 67.7. The van der Waals surface area contributed by atoms with Gasteiger partial charge < -0.3 is 8.97 Å². The van der Waals surface area contributed by atoms with Crippen LogP contribution >= 0.6 is 11.3 Å². The fraction of sp³-hybridized carbons (Fsp3) is 0. The third-order valence-electron chi connectivity index (χ3n) is 12.7. The van der Waals surface area contributed by atoms with Crippen LogP contribution in [-0.2, 0) is 0 Å². The van der Waals surface area contributed by atoms with Crippen LogP contribution < -0.4 is 0 Å². The van der Waals surface area contributed by atoms with Crippen LogP contribution in [0.1, 0.15) is 0 Å². The third kappa shape index (κ3) is 4.62. The Kier molecular flexibility index (Phi) is 6.65. The zero-order valence-electron chi connectivity index (χ0n) is 32.5. The molecule has 0 saturated carbocycles. The smallest absolute Gasteiger partial charge is 0.165 e. The first-order valence-corrected chi connectivity index (χ1v) is 21.4. The molecule has 0 amide bonds. The Balaban J connectivity index is 1.12. The SMILES string of the molecule is c1ccc(-c2nc(-c3ccccc3)nc(-c3ccc(-n4c5cc6ccccc6cc5c5cc6c7cccc8c9ccccc9n(c6cc54)c87)c4c3sc3ccccc34)n2)cc1. The number of rotatable bonds is 4. The molecule has 0 spiro atoms. The van der Waals surface area contributed by atoms with Crippen molar-refractivity contribution < 1.29 is 0 Å². The number of thiophene rings is 1. The highest BCUT2D eigenvalue weighted by Gasteiger charge is 2.24. The largest absolute Gasteiger partial charge is 0.308 e. The first-order chi connectivity index (χ1) is 30.2. The van der Waals surface area contributed by atoms with Gasteiger partial charge in [0.05, 0.1) is 33.3 Å². The fourth-order valence-corrected chi connectivity index (χ4v) is 11.2. The summed E-state index contributed by atoms with van der Waals surface area (Å²) in [7, 11) is 0. The summed E-state index contributed by atoms with van der Waals surface area (Å²) in [5.41, 5.74) is 10.1. The Labute approximate surface area is 352 Å². The molecular formula is C55H31N5S. The molecule has 0 atom stereocenters. The van der Waals surface area contributed by atoms with Gasteiger partial charge in [-0.3, -0.25) is 0 Å². The molecule has 6 heteroatoms. The summed E-state index contributed by atoms with van der Waals surface area (Å²) in [5, 5.41) is 12.4. The van der Waals surface area contributed by atoms with E-state index in [9.17, 15) is 0 Å². The second-order valence-electron chi connectivity index (χ2n) is 16.0. The molecular weight excluding hydrogens is 763 g/mol. The third-order valence-corrected chi connectivity index (χ3v) is 13.9. The van der Waals surface area contributed by atoms with Gasteiger partial charge in [-0.05, 0) is 59.3 Å². The van der Waals surface area contributed by atoms with Crippen LogP contribution in [0.2, 0.25) is 0 Å². The molecule has 61 heavy (non-hydrogen) atoms. The molecule has 9 aromatic carbocycles. The van der Waals surface area contributed by atoms with Crippen molar-refractivity contribution in [3.05, 3.63) is 188 Å². The molecule has 0 radical (unpaired) electrons. The lowest BCUT2D eigenvalue weighted by Crippen LogP contribution is -2.01. The quantitative estimate of drug-likeness (QED) is 0.178. The van der Waals surface area contributed by atoms with E-state index in [0.717, 1.165) is 27.1 Å². The fourth-order valence-electron chi connectivity index (χ4n) is 9.99. The van der Waals surface area contributed by atoms with Crippen LogP contribution in [0.3, 0.4) is 0 Å². The van der Waals surface area contributed by atoms with E-state index in [1.165, 1.54) is 86.1 Å². The molecule has 0 aliphatic carbocycles. The van der Waals surface area contributed by atoms with E-state index >= 15 is 0 Å². The minimum atomic E-state index is 0.651. The van der Waals surface area contributed by atoms with Gasteiger partial charge in [0, 0.05) is 69.2 Å². The van der Waals surface area contributed by atoms with Gasteiger partial charge in [0.2, 0.25) is 0 Å². The molecule has 0 aliphatic rings. The van der Waals surface area contributed by atoms with E-state index in [0.29, 0.717) is 17.5 Å². The molecule has 14 aromatic rings. The van der Waals surface area contributed by atoms with Crippen LogP contribution in [0.25, 0.3) is 131 Å². The molecule has 0 aliphatic heterocycles. The van der Waals surface area contributed by atoms with Gasteiger partial charge in [0.1, 0.15) is 0 Å². The minimum Gasteiger partial charge on any atom is -0.308 e. The molecule has 0 fully saturated rings. The first kappa shape index (κ1) is 33.0. The van der Waals surface area contributed by atoms with Crippen molar-refractivity contribution in [1.29, 1.82) is 0 Å². The van der Waals surface area contributed by atoms with Crippen LogP contribution in [0.4, 0.5) is 0 Å². The summed E-state index contributed by atoms with van der Waals surface area (Å²) in [4.78, 5) is 15.5. The summed E-state index contributed by atoms with van der Waals surface area (Å²) >= 11 is 1.80. The van der Waals surface area contributed by atoms with Crippen molar-refractivity contribution in [1.82, 2.24) is 23.9 Å². The van der Waals surface area contributed by atoms with Crippen molar-refractivity contribution in [2.45, 2.75) is 0 Å². The Morgan fingerprint density at radius 1 is 0.377 bits per heavy atom. The van der Waals surface area contributed by atoms with Crippen LogP contribution in [0.5, 0.6) is 0 Å². The first-order valence-electron chi connectivity index (χ1n) is 20.6. The maximum Gasteiger partial charge on any atom is 0.165 e. The summed E-state index contributed by atoms with van der Waals surface area (Å²) in [6.45, 7) is 0. The van der Waals surface area contributed by atoms with E-state index in [-0.39, 0.29) is 0 Å². The van der Waals surface area contributed by atoms with E-state index in [4.69, 9.17) is 15.0 Å². The summed E-state index contributed by atoms with van der Waals surface area (Å²) in [5.74, 6) is 1.96. The van der Waals surface area contributed by atoms with Crippen molar-refractivity contribution >= 4 is 102 Å². The van der Waals surface area contributed by atoms with Crippen LogP contribution in [-0.4, -0.2) is 23.9 Å². The van der Waals surface area contributed by atoms with Crippen molar-refractivity contribution in [2.75, 3.05) is 0 Å². The lowest BCUT2D eigenvalue weighted by molar-refractivity contribution is 1.08. The highest BCUT2D eigenvalue weighted by molar-refractivity contribution is 7.26. The van der Waals surface area contributed by atoms with Crippen LogP contribution in [0, 0.1) is 0 Å². The van der Waals surface area contributed by atoms with E-state index in [2.05, 4.69) is 161 Å². The van der Waals surface area contributed by atoms with Crippen molar-refractivity contribution in [2.24, 2.45) is 0 Å². The molecule has 5 aromatic heterocycles. The molecule has 0 bridgehead atoms. The molecule has 5 nitrogen and oxygen atoms in total. The topological polar surface area (TPSA) is 48.0 Å². The maximum absolute atomic E-state index is 5.22. The summed E-state index contributed by atoms with van der Waals surface area (Å²) in [6.07, 6.45) is 0. The van der Waals surface area contributed by atoms with Crippen molar-refractivity contribution in [3.8, 4) is 39.9 Å². The lowest BCUT2D eigenvalue weighted by Gasteiger charge is -2.14. The predicted molar refractivity (Wildman–Crippen MR) is 256 cm³/mol. The average molecular weight is 794 g/mol. The number of aromatic nitrogens is 5. The molecule has 282 valence electrons. The Hall–Kier alpha value is -7.93.